The molecule has 2 aromatic rings. The van der Waals surface area contributed by atoms with Crippen LogP contribution in [0, 0.1) is 0 Å². The van der Waals surface area contributed by atoms with Gasteiger partial charge in [-0.1, -0.05) is 18.2 Å². The number of carbonyl (C=O) groups excluding carboxylic acids is 1. The van der Waals surface area contributed by atoms with Gasteiger partial charge < -0.3 is 17.1 Å². The molecule has 1 aliphatic rings. The molecule has 1 aliphatic heterocycles. The topological polar surface area (TPSA) is 61.2 Å². The van der Waals surface area contributed by atoms with Gasteiger partial charge in [-0.2, -0.15) is 4.00 Å². The van der Waals surface area contributed by atoms with Gasteiger partial charge in [-0.05, 0) is 26.7 Å². The van der Waals surface area contributed by atoms with Crippen LogP contribution in [0.4, 0.5) is 5.69 Å². The lowest BCUT2D eigenvalue weighted by Crippen LogP contribution is -3.00. The second-order valence-electron chi connectivity index (χ2n) is 6.73. The first-order valence-corrected chi connectivity index (χ1v) is 9.31. The quantitative estimate of drug-likeness (QED) is 0.541. The molecule has 0 amide bonds. The minimum Gasteiger partial charge on any atom is -1.00 e. The molecule has 1 aromatic carbocycles. The van der Waals surface area contributed by atoms with E-state index in [2.05, 4.69) is 4.98 Å². The van der Waals surface area contributed by atoms with Crippen molar-refractivity contribution < 1.29 is 21.9 Å². The van der Waals surface area contributed by atoms with Crippen LogP contribution < -0.4 is 22.0 Å². The maximum absolute atomic E-state index is 12.9. The van der Waals surface area contributed by atoms with Crippen LogP contribution >= 0.6 is 11.8 Å². The highest BCUT2D eigenvalue weighted by Crippen LogP contribution is 2.34. The number of benzene rings is 1. The minimum absolute atomic E-state index is 0. The molecule has 0 N–H and O–H groups in total. The number of hydrogen-bond donors (Lipinski definition) is 0. The van der Waals surface area contributed by atoms with Crippen LogP contribution in [-0.2, 0) is 4.74 Å². The lowest BCUT2D eigenvalue weighted by molar-refractivity contribution is -0.0000241. The summed E-state index contributed by atoms with van der Waals surface area (Å²) < 4.78 is 6.56. The summed E-state index contributed by atoms with van der Waals surface area (Å²) in [5.41, 5.74) is 1.37. The third kappa shape index (κ3) is 4.29. The molecule has 28 heavy (non-hydrogen) atoms. The molecule has 2 atom stereocenters. The van der Waals surface area contributed by atoms with Gasteiger partial charge in [-0.15, -0.1) is 0 Å². The average Bonchev–Trinajstić information content (AvgIpc) is 2.65. The number of aromatic nitrogens is 2. The monoisotopic (exact) mass is 423 g/mol. The fourth-order valence-corrected chi connectivity index (χ4v) is 3.51. The van der Waals surface area contributed by atoms with E-state index in [0.29, 0.717) is 5.82 Å². The van der Waals surface area contributed by atoms with E-state index in [1.54, 1.807) is 11.5 Å². The summed E-state index contributed by atoms with van der Waals surface area (Å²) in [5, 5.41) is 0. The SMILES string of the molecule is CCOC(=O)c1cnc2n(c1=O)C(C)CCC2=C[N+](C)(Cl)c1ccccc1.[Cl-]. The van der Waals surface area contributed by atoms with Gasteiger partial charge >= 0.3 is 5.97 Å². The molecular formula is C20H23Cl2N3O3. The number of rotatable bonds is 4. The Kier molecular flexibility index (Phi) is 7.04. The Morgan fingerprint density at radius 3 is 2.71 bits per heavy atom. The molecule has 0 saturated carbocycles. The van der Waals surface area contributed by atoms with Crippen LogP contribution in [-0.4, -0.2) is 29.2 Å². The van der Waals surface area contributed by atoms with Crippen molar-refractivity contribution in [3.8, 4) is 0 Å². The Morgan fingerprint density at radius 2 is 2.07 bits per heavy atom. The van der Waals surface area contributed by atoms with Gasteiger partial charge in [0.25, 0.3) is 5.56 Å². The molecule has 0 saturated heterocycles. The van der Waals surface area contributed by atoms with Crippen LogP contribution in [0.5, 0.6) is 0 Å². The maximum atomic E-state index is 12.9. The number of allylic oxidation sites excluding steroid dienone is 1. The molecule has 0 radical (unpaired) electrons. The van der Waals surface area contributed by atoms with Crippen molar-refractivity contribution in [2.75, 3.05) is 13.7 Å². The normalized spacial score (nSPS) is 19.3. The number of fused-ring (bicyclic) bond motifs is 1. The van der Waals surface area contributed by atoms with E-state index in [9.17, 15) is 9.59 Å². The van der Waals surface area contributed by atoms with Gasteiger partial charge in [0.15, 0.2) is 17.5 Å². The zero-order valence-electron chi connectivity index (χ0n) is 16.1. The summed E-state index contributed by atoms with van der Waals surface area (Å²) in [5.74, 6) is -0.0939. The number of carbonyl (C=O) groups is 1. The van der Waals surface area contributed by atoms with Gasteiger partial charge in [-0.25, -0.2) is 9.78 Å². The fourth-order valence-electron chi connectivity index (χ4n) is 3.28. The first kappa shape index (κ1) is 22.1. The smallest absolute Gasteiger partial charge is 0.345 e. The number of quaternary nitrogens is 1. The Bertz CT molecular complexity index is 939. The number of halogens is 2. The number of hydrogen-bond acceptors (Lipinski definition) is 4. The highest BCUT2D eigenvalue weighted by atomic mass is 35.5. The average molecular weight is 424 g/mol. The van der Waals surface area contributed by atoms with Crippen molar-refractivity contribution in [2.45, 2.75) is 32.7 Å². The Labute approximate surface area is 175 Å². The molecule has 0 fully saturated rings. The molecule has 150 valence electrons. The van der Waals surface area contributed by atoms with Crippen molar-refractivity contribution >= 4 is 29.0 Å². The molecular weight excluding hydrogens is 401 g/mol. The number of para-hydroxylation sites is 1. The van der Waals surface area contributed by atoms with E-state index in [1.165, 1.54) is 6.20 Å². The van der Waals surface area contributed by atoms with Crippen molar-refractivity contribution in [1.82, 2.24) is 13.6 Å². The number of ether oxygens (including phenoxy) is 1. The van der Waals surface area contributed by atoms with Crippen molar-refractivity contribution in [2.24, 2.45) is 0 Å². The second-order valence-corrected chi connectivity index (χ2v) is 7.43. The summed E-state index contributed by atoms with van der Waals surface area (Å²) >= 11 is 6.73. The summed E-state index contributed by atoms with van der Waals surface area (Å²) in [6, 6.07) is 9.62. The van der Waals surface area contributed by atoms with Crippen LogP contribution in [0.1, 0.15) is 48.9 Å². The first-order chi connectivity index (χ1) is 12.8. The van der Waals surface area contributed by atoms with Crippen LogP contribution in [0.15, 0.2) is 47.5 Å². The van der Waals surface area contributed by atoms with Crippen molar-refractivity contribution in [3.63, 3.8) is 0 Å². The standard InChI is InChI=1S/C20H23ClN3O3.ClH/c1-4-27-20(26)17-12-22-18-15(11-10-14(2)23(18)19(17)25)13-24(3,21)16-8-6-5-7-9-16;/h5-9,12-14H,4,10-11H2,1-3H3;1H/q+1;/p-1. The third-order valence-corrected chi connectivity index (χ3v) is 5.00. The molecule has 6 nitrogen and oxygen atoms in total. The summed E-state index contributed by atoms with van der Waals surface area (Å²) in [6.45, 7) is 3.86. The lowest BCUT2D eigenvalue weighted by Gasteiger charge is -2.28. The summed E-state index contributed by atoms with van der Waals surface area (Å²) in [4.78, 5) is 29.3. The molecule has 8 heteroatoms. The largest absolute Gasteiger partial charge is 1.00 e. The molecule has 0 spiro atoms. The number of esters is 1. The second kappa shape index (κ2) is 8.90. The molecule has 2 heterocycles. The Hall–Kier alpha value is -2.15. The highest BCUT2D eigenvalue weighted by molar-refractivity contribution is 6.22. The van der Waals surface area contributed by atoms with Crippen molar-refractivity contribution in [1.29, 1.82) is 0 Å². The van der Waals surface area contributed by atoms with E-state index >= 15 is 0 Å². The first-order valence-electron chi connectivity index (χ1n) is 8.97. The minimum atomic E-state index is -0.643. The molecule has 3 rings (SSSR count). The van der Waals surface area contributed by atoms with Gasteiger partial charge in [0.2, 0.25) is 0 Å². The fraction of sp³-hybridized carbons (Fsp3) is 0.350. The predicted molar refractivity (Wildman–Crippen MR) is 106 cm³/mol. The Balaban J connectivity index is 0.00000280. The van der Waals surface area contributed by atoms with E-state index in [1.807, 2.05) is 50.5 Å². The molecule has 2 unspecified atom stereocenters. The van der Waals surface area contributed by atoms with Gasteiger partial charge in [0, 0.05) is 24.4 Å². The maximum Gasteiger partial charge on any atom is 0.345 e. The van der Waals surface area contributed by atoms with Crippen LogP contribution in [0.25, 0.3) is 5.57 Å². The van der Waals surface area contributed by atoms with Gasteiger partial charge in [0.05, 0.1) is 19.2 Å². The lowest BCUT2D eigenvalue weighted by atomic mass is 10.00. The predicted octanol–water partition coefficient (Wildman–Crippen LogP) is 0.911. The third-order valence-electron chi connectivity index (χ3n) is 4.71. The molecule has 0 bridgehead atoms. The van der Waals surface area contributed by atoms with Crippen molar-refractivity contribution in [3.05, 3.63) is 64.5 Å². The van der Waals surface area contributed by atoms with Crippen LogP contribution in [0.2, 0.25) is 0 Å². The van der Waals surface area contributed by atoms with Gasteiger partial charge in [0.1, 0.15) is 17.6 Å². The van der Waals surface area contributed by atoms with E-state index in [-0.39, 0.29) is 40.2 Å². The Morgan fingerprint density at radius 1 is 1.39 bits per heavy atom. The van der Waals surface area contributed by atoms with Gasteiger partial charge in [-0.3, -0.25) is 9.36 Å². The summed E-state index contributed by atoms with van der Waals surface area (Å²) in [7, 11) is 1.86. The highest BCUT2D eigenvalue weighted by Gasteiger charge is 2.30. The summed E-state index contributed by atoms with van der Waals surface area (Å²) in [6.07, 6.45) is 4.71. The van der Waals surface area contributed by atoms with E-state index < -0.39 is 5.97 Å². The van der Waals surface area contributed by atoms with E-state index in [0.717, 1.165) is 24.1 Å². The zero-order valence-corrected chi connectivity index (χ0v) is 17.6. The van der Waals surface area contributed by atoms with Crippen LogP contribution in [0.3, 0.4) is 0 Å². The van der Waals surface area contributed by atoms with E-state index in [4.69, 9.17) is 16.5 Å². The zero-order chi connectivity index (χ0) is 19.6. The molecule has 0 aliphatic carbocycles. The number of nitrogens with zero attached hydrogens (tertiary/aromatic N) is 3. The molecule has 1 aromatic heterocycles.